The standard InChI is InChI=1S/C25H21F3N2O5S/c1-4-34-23(32)20-13(2)29-25-30(21(20)15-6-8-16(26)9-7-15)22(31)19(36-25)12-14-5-10-17(35-24(27)28)18(11-14)33-3/h5-12,21,24H,4H2,1-3H3. The normalized spacial score (nSPS) is 15.5. The number of fused-ring (bicyclic) bond motifs is 1. The fourth-order valence-corrected chi connectivity index (χ4v) is 4.92. The maximum Gasteiger partial charge on any atom is 0.387 e. The molecule has 1 aromatic heterocycles. The number of aromatic nitrogens is 1. The van der Waals surface area contributed by atoms with Crippen LogP contribution in [-0.4, -0.2) is 30.9 Å². The third-order valence-electron chi connectivity index (χ3n) is 5.40. The highest BCUT2D eigenvalue weighted by molar-refractivity contribution is 7.07. The van der Waals surface area contributed by atoms with Gasteiger partial charge >= 0.3 is 12.6 Å². The Balaban J connectivity index is 1.88. The number of hydrogen-bond acceptors (Lipinski definition) is 7. The monoisotopic (exact) mass is 518 g/mol. The summed E-state index contributed by atoms with van der Waals surface area (Å²) in [7, 11) is 1.31. The molecule has 11 heteroatoms. The average molecular weight is 519 g/mol. The van der Waals surface area contributed by atoms with Gasteiger partial charge in [-0.05, 0) is 55.3 Å². The van der Waals surface area contributed by atoms with Gasteiger partial charge in [0.1, 0.15) is 5.82 Å². The fourth-order valence-electron chi connectivity index (χ4n) is 3.87. The molecule has 1 unspecified atom stereocenters. The minimum atomic E-state index is -3.02. The zero-order valence-corrected chi connectivity index (χ0v) is 20.3. The molecule has 0 fully saturated rings. The second-order valence-electron chi connectivity index (χ2n) is 7.64. The average Bonchev–Trinajstić information content (AvgIpc) is 3.13. The van der Waals surface area contributed by atoms with Gasteiger partial charge in [0, 0.05) is 0 Å². The molecule has 7 nitrogen and oxygen atoms in total. The molecule has 1 atom stereocenters. The van der Waals surface area contributed by atoms with Crippen molar-refractivity contribution in [2.45, 2.75) is 26.5 Å². The van der Waals surface area contributed by atoms with Gasteiger partial charge in [-0.15, -0.1) is 0 Å². The number of nitrogens with zero attached hydrogens (tertiary/aromatic N) is 2. The summed E-state index contributed by atoms with van der Waals surface area (Å²) in [6, 6.07) is 8.91. The number of halogens is 3. The van der Waals surface area contributed by atoms with Crippen LogP contribution in [0.1, 0.15) is 31.0 Å². The Kier molecular flexibility index (Phi) is 7.30. The molecular weight excluding hydrogens is 497 g/mol. The lowest BCUT2D eigenvalue weighted by molar-refractivity contribution is -0.139. The van der Waals surface area contributed by atoms with Crippen LogP contribution in [0.2, 0.25) is 0 Å². The summed E-state index contributed by atoms with van der Waals surface area (Å²) in [4.78, 5) is 31.2. The topological polar surface area (TPSA) is 79.1 Å². The van der Waals surface area contributed by atoms with Gasteiger partial charge in [-0.3, -0.25) is 9.36 Å². The first-order valence-electron chi connectivity index (χ1n) is 10.8. The Bertz CT molecular complexity index is 1510. The van der Waals surface area contributed by atoms with Crippen LogP contribution in [0.3, 0.4) is 0 Å². The van der Waals surface area contributed by atoms with E-state index < -0.39 is 30.0 Å². The number of ether oxygens (including phenoxy) is 3. The number of esters is 1. The molecule has 36 heavy (non-hydrogen) atoms. The quantitative estimate of drug-likeness (QED) is 0.447. The second-order valence-corrected chi connectivity index (χ2v) is 8.65. The molecule has 0 aliphatic carbocycles. The van der Waals surface area contributed by atoms with Gasteiger partial charge in [0.05, 0.1) is 35.6 Å². The largest absolute Gasteiger partial charge is 0.493 e. The number of rotatable bonds is 7. The van der Waals surface area contributed by atoms with Crippen LogP contribution in [0.4, 0.5) is 13.2 Å². The number of carbonyl (C=O) groups excluding carboxylic acids is 1. The molecule has 2 aromatic carbocycles. The number of alkyl halides is 2. The number of thiazole rings is 1. The van der Waals surface area contributed by atoms with Crippen molar-refractivity contribution in [3.8, 4) is 11.5 Å². The maximum absolute atomic E-state index is 13.6. The minimum Gasteiger partial charge on any atom is -0.493 e. The van der Waals surface area contributed by atoms with Crippen molar-refractivity contribution in [2.24, 2.45) is 4.99 Å². The number of benzene rings is 2. The molecule has 188 valence electrons. The van der Waals surface area contributed by atoms with Crippen molar-refractivity contribution < 1.29 is 32.2 Å². The maximum atomic E-state index is 13.6. The molecule has 2 heterocycles. The van der Waals surface area contributed by atoms with Crippen LogP contribution in [0, 0.1) is 5.82 Å². The van der Waals surface area contributed by atoms with E-state index in [9.17, 15) is 22.8 Å². The summed E-state index contributed by atoms with van der Waals surface area (Å²) in [6.07, 6.45) is 1.56. The Morgan fingerprint density at radius 2 is 1.92 bits per heavy atom. The van der Waals surface area contributed by atoms with E-state index in [1.807, 2.05) is 0 Å². The molecular formula is C25H21F3N2O5S. The van der Waals surface area contributed by atoms with Crippen LogP contribution in [0.15, 0.2) is 63.5 Å². The van der Waals surface area contributed by atoms with E-state index in [0.29, 0.717) is 21.6 Å². The van der Waals surface area contributed by atoms with Crippen molar-refractivity contribution >= 4 is 23.4 Å². The second kappa shape index (κ2) is 10.4. The van der Waals surface area contributed by atoms with Crippen molar-refractivity contribution in [2.75, 3.05) is 13.7 Å². The predicted molar refractivity (Wildman–Crippen MR) is 126 cm³/mol. The summed E-state index contributed by atoms with van der Waals surface area (Å²) in [5.41, 5.74) is 1.13. The molecule has 4 rings (SSSR count). The van der Waals surface area contributed by atoms with Crippen molar-refractivity contribution in [3.05, 3.63) is 90.4 Å². The Labute approximate surface area is 207 Å². The first-order valence-corrected chi connectivity index (χ1v) is 11.6. The van der Waals surface area contributed by atoms with E-state index in [1.54, 1.807) is 19.9 Å². The summed E-state index contributed by atoms with van der Waals surface area (Å²) >= 11 is 1.09. The zero-order valence-electron chi connectivity index (χ0n) is 19.5. The molecule has 1 aliphatic heterocycles. The van der Waals surface area contributed by atoms with E-state index in [1.165, 1.54) is 54.1 Å². The lowest BCUT2D eigenvalue weighted by Crippen LogP contribution is -2.39. The summed E-state index contributed by atoms with van der Waals surface area (Å²) in [6.45, 7) is 0.425. The van der Waals surface area contributed by atoms with Gasteiger partial charge < -0.3 is 14.2 Å². The van der Waals surface area contributed by atoms with Gasteiger partial charge in [0.25, 0.3) is 5.56 Å². The van der Waals surface area contributed by atoms with Gasteiger partial charge in [-0.25, -0.2) is 14.2 Å². The first-order chi connectivity index (χ1) is 17.2. The number of carbonyl (C=O) groups is 1. The molecule has 0 spiro atoms. The number of methoxy groups -OCH3 is 1. The van der Waals surface area contributed by atoms with Gasteiger partial charge in [0.2, 0.25) is 0 Å². The third kappa shape index (κ3) is 4.92. The van der Waals surface area contributed by atoms with Gasteiger partial charge in [-0.2, -0.15) is 8.78 Å². The highest BCUT2D eigenvalue weighted by Gasteiger charge is 2.33. The molecule has 0 saturated heterocycles. The van der Waals surface area contributed by atoms with E-state index >= 15 is 0 Å². The van der Waals surface area contributed by atoms with E-state index in [-0.39, 0.29) is 28.2 Å². The summed E-state index contributed by atoms with van der Waals surface area (Å²) in [5.74, 6) is -1.15. The molecule has 3 aromatic rings. The smallest absolute Gasteiger partial charge is 0.387 e. The van der Waals surface area contributed by atoms with E-state index in [4.69, 9.17) is 9.47 Å². The summed E-state index contributed by atoms with van der Waals surface area (Å²) < 4.78 is 55.4. The fraction of sp³-hybridized carbons (Fsp3) is 0.240. The van der Waals surface area contributed by atoms with E-state index in [2.05, 4.69) is 9.73 Å². The van der Waals surface area contributed by atoms with Crippen LogP contribution < -0.4 is 24.4 Å². The third-order valence-corrected chi connectivity index (χ3v) is 6.39. The zero-order chi connectivity index (χ0) is 26.0. The predicted octanol–water partition coefficient (Wildman–Crippen LogP) is 3.55. The SMILES string of the molecule is CCOC(=O)C1=C(C)N=c2sc(=Cc3ccc(OC(F)F)c(OC)c3)c(=O)n2C1c1ccc(F)cc1. The molecule has 0 N–H and O–H groups in total. The van der Waals surface area contributed by atoms with Gasteiger partial charge in [-0.1, -0.05) is 29.5 Å². The number of hydrogen-bond donors (Lipinski definition) is 0. The molecule has 0 amide bonds. The van der Waals surface area contributed by atoms with E-state index in [0.717, 1.165) is 11.3 Å². The van der Waals surface area contributed by atoms with Crippen LogP contribution in [-0.2, 0) is 9.53 Å². The summed E-state index contributed by atoms with van der Waals surface area (Å²) in [5, 5.41) is 0. The molecule has 1 aliphatic rings. The number of allylic oxidation sites excluding steroid dienone is 1. The van der Waals surface area contributed by atoms with Crippen LogP contribution in [0.25, 0.3) is 6.08 Å². The first kappa shape index (κ1) is 25.2. The molecule has 0 bridgehead atoms. The molecule has 0 radical (unpaired) electrons. The van der Waals surface area contributed by atoms with Crippen LogP contribution in [0.5, 0.6) is 11.5 Å². The lowest BCUT2D eigenvalue weighted by Gasteiger charge is -2.24. The van der Waals surface area contributed by atoms with Crippen LogP contribution >= 0.6 is 11.3 Å². The lowest BCUT2D eigenvalue weighted by atomic mass is 9.96. The highest BCUT2D eigenvalue weighted by atomic mass is 32.1. The highest BCUT2D eigenvalue weighted by Crippen LogP contribution is 2.31. The minimum absolute atomic E-state index is 0.0708. The van der Waals surface area contributed by atoms with Crippen molar-refractivity contribution in [1.29, 1.82) is 0 Å². The Morgan fingerprint density at radius 3 is 2.56 bits per heavy atom. The van der Waals surface area contributed by atoms with Crippen molar-refractivity contribution in [3.63, 3.8) is 0 Å². The molecule has 0 saturated carbocycles. The van der Waals surface area contributed by atoms with Gasteiger partial charge in [0.15, 0.2) is 16.3 Å². The Hall–Kier alpha value is -3.86. The Morgan fingerprint density at radius 1 is 1.19 bits per heavy atom. The van der Waals surface area contributed by atoms with Crippen molar-refractivity contribution in [1.82, 2.24) is 4.57 Å².